The lowest BCUT2D eigenvalue weighted by atomic mass is 10.00. The van der Waals surface area contributed by atoms with Gasteiger partial charge in [0.1, 0.15) is 11.2 Å². The molecule has 1 heterocycles. The second kappa shape index (κ2) is 8.73. The first-order chi connectivity index (χ1) is 15.4. The second-order valence-electron chi connectivity index (χ2n) is 7.38. The Morgan fingerprint density at radius 2 is 0.839 bits per heavy atom. The van der Waals surface area contributed by atoms with Crippen molar-refractivity contribution in [1.82, 2.24) is 0 Å². The Morgan fingerprint density at radius 3 is 1.45 bits per heavy atom. The van der Waals surface area contributed by atoms with Crippen LogP contribution in [0.25, 0.3) is 44.2 Å². The molecule has 1 heteroatoms. The highest BCUT2D eigenvalue weighted by atomic mass is 16.3. The molecule has 0 N–H and O–H groups in total. The van der Waals surface area contributed by atoms with E-state index < -0.39 is 0 Å². The molecule has 1 nitrogen and oxygen atoms in total. The topological polar surface area (TPSA) is 13.1 Å². The number of hydrogen-bond donors (Lipinski definition) is 0. The summed E-state index contributed by atoms with van der Waals surface area (Å²) in [6, 6.07) is 45.7. The van der Waals surface area contributed by atoms with E-state index in [1.807, 2.05) is 42.5 Å². The van der Waals surface area contributed by atoms with Crippen LogP contribution in [0, 0.1) is 0 Å². The van der Waals surface area contributed by atoms with Gasteiger partial charge in [-0.3, -0.25) is 0 Å². The average Bonchev–Trinajstić information content (AvgIpc) is 3.25. The summed E-state index contributed by atoms with van der Waals surface area (Å²) in [6.07, 6.45) is 0. The molecule has 0 aliphatic rings. The molecule has 0 saturated heterocycles. The van der Waals surface area contributed by atoms with Gasteiger partial charge < -0.3 is 4.42 Å². The summed E-state index contributed by atoms with van der Waals surface area (Å²) in [4.78, 5) is 0. The first kappa shape index (κ1) is 18.9. The Bertz CT molecular complexity index is 1360. The fraction of sp³-hybridized carbons (Fsp3) is 0. The van der Waals surface area contributed by atoms with Crippen molar-refractivity contribution in [2.24, 2.45) is 0 Å². The molecule has 1 aromatic heterocycles. The van der Waals surface area contributed by atoms with E-state index in [9.17, 15) is 0 Å². The molecule has 0 fully saturated rings. The minimum atomic E-state index is 0.945. The van der Waals surface area contributed by atoms with Crippen LogP contribution >= 0.6 is 0 Å². The van der Waals surface area contributed by atoms with Gasteiger partial charge in [0.2, 0.25) is 0 Å². The van der Waals surface area contributed by atoms with Crippen molar-refractivity contribution in [2.75, 3.05) is 0 Å². The van der Waals surface area contributed by atoms with Gasteiger partial charge in [-0.05, 0) is 34.4 Å². The van der Waals surface area contributed by atoms with Crippen molar-refractivity contribution < 1.29 is 4.42 Å². The van der Waals surface area contributed by atoms with Gasteiger partial charge in [0.25, 0.3) is 0 Å². The van der Waals surface area contributed by atoms with Crippen molar-refractivity contribution in [2.45, 2.75) is 0 Å². The molecule has 0 amide bonds. The largest absolute Gasteiger partial charge is 0.456 e. The van der Waals surface area contributed by atoms with Crippen LogP contribution in [0.5, 0.6) is 0 Å². The number of rotatable bonds is 2. The standard InChI is InChI=1S/C18H12O.C12H10/c1-2-7-13(8-3-1)14-10-6-12-17-18(14)15-9-4-5-11-16(15)19-17;1-3-7-11(8-4-1)12-9-5-2-6-10-12/h1-12H;1-10H. The van der Waals surface area contributed by atoms with Gasteiger partial charge >= 0.3 is 0 Å². The Kier molecular flexibility index (Phi) is 5.32. The van der Waals surface area contributed by atoms with Gasteiger partial charge in [0.05, 0.1) is 0 Å². The Balaban J connectivity index is 0.000000147. The summed E-state index contributed by atoms with van der Waals surface area (Å²) < 4.78 is 5.91. The summed E-state index contributed by atoms with van der Waals surface area (Å²) in [5, 5.41) is 2.38. The summed E-state index contributed by atoms with van der Waals surface area (Å²) in [5.41, 5.74) is 6.89. The van der Waals surface area contributed by atoms with E-state index in [1.165, 1.54) is 33.0 Å². The Morgan fingerprint density at radius 1 is 0.355 bits per heavy atom. The predicted molar refractivity (Wildman–Crippen MR) is 131 cm³/mol. The zero-order valence-corrected chi connectivity index (χ0v) is 17.1. The van der Waals surface area contributed by atoms with Crippen LogP contribution in [0.4, 0.5) is 0 Å². The molecule has 0 saturated carbocycles. The second-order valence-corrected chi connectivity index (χ2v) is 7.38. The fourth-order valence-electron chi connectivity index (χ4n) is 3.89. The molecule has 0 atom stereocenters. The SMILES string of the molecule is c1ccc(-c2cccc3oc4ccccc4c23)cc1.c1ccc(-c2ccccc2)cc1. The first-order valence-electron chi connectivity index (χ1n) is 10.5. The van der Waals surface area contributed by atoms with Gasteiger partial charge in [-0.25, -0.2) is 0 Å². The van der Waals surface area contributed by atoms with Crippen LogP contribution in [0.1, 0.15) is 0 Å². The van der Waals surface area contributed by atoms with Gasteiger partial charge in [0.15, 0.2) is 0 Å². The molecule has 0 aliphatic heterocycles. The van der Waals surface area contributed by atoms with Crippen molar-refractivity contribution in [3.63, 3.8) is 0 Å². The fourth-order valence-corrected chi connectivity index (χ4v) is 3.89. The molecule has 0 unspecified atom stereocenters. The minimum Gasteiger partial charge on any atom is -0.456 e. The first-order valence-corrected chi connectivity index (χ1v) is 10.5. The van der Waals surface area contributed by atoms with Gasteiger partial charge in [-0.15, -0.1) is 0 Å². The van der Waals surface area contributed by atoms with Gasteiger partial charge in [-0.2, -0.15) is 0 Å². The van der Waals surface area contributed by atoms with E-state index in [-0.39, 0.29) is 0 Å². The molecular weight excluding hydrogens is 376 g/mol. The summed E-state index contributed by atoms with van der Waals surface area (Å²) in [5.74, 6) is 0. The van der Waals surface area contributed by atoms with Crippen molar-refractivity contribution in [3.8, 4) is 22.3 Å². The number of furan rings is 1. The lowest BCUT2D eigenvalue weighted by molar-refractivity contribution is 0.669. The molecule has 6 aromatic rings. The zero-order valence-electron chi connectivity index (χ0n) is 17.1. The molecule has 6 rings (SSSR count). The minimum absolute atomic E-state index is 0.945. The van der Waals surface area contributed by atoms with Crippen LogP contribution < -0.4 is 0 Å². The van der Waals surface area contributed by atoms with Gasteiger partial charge in [0, 0.05) is 10.8 Å². The smallest absolute Gasteiger partial charge is 0.136 e. The summed E-state index contributed by atoms with van der Waals surface area (Å²) in [6.45, 7) is 0. The lowest BCUT2D eigenvalue weighted by Gasteiger charge is -2.03. The summed E-state index contributed by atoms with van der Waals surface area (Å²) >= 11 is 0. The molecule has 0 bridgehead atoms. The number of para-hydroxylation sites is 1. The van der Waals surface area contributed by atoms with E-state index in [0.29, 0.717) is 0 Å². The number of benzene rings is 5. The van der Waals surface area contributed by atoms with Crippen LogP contribution in [-0.4, -0.2) is 0 Å². The highest BCUT2D eigenvalue weighted by Gasteiger charge is 2.11. The quantitative estimate of drug-likeness (QED) is 0.284. The van der Waals surface area contributed by atoms with E-state index >= 15 is 0 Å². The Hall–Kier alpha value is -4.10. The molecule has 5 aromatic carbocycles. The third-order valence-electron chi connectivity index (χ3n) is 5.37. The van der Waals surface area contributed by atoms with E-state index in [1.54, 1.807) is 0 Å². The van der Waals surface area contributed by atoms with Crippen molar-refractivity contribution >= 4 is 21.9 Å². The molecule has 31 heavy (non-hydrogen) atoms. The lowest BCUT2D eigenvalue weighted by Crippen LogP contribution is -1.78. The molecule has 0 spiro atoms. The normalized spacial score (nSPS) is 10.6. The van der Waals surface area contributed by atoms with Crippen LogP contribution in [0.2, 0.25) is 0 Å². The zero-order chi connectivity index (χ0) is 20.9. The molecule has 0 aliphatic carbocycles. The summed E-state index contributed by atoms with van der Waals surface area (Å²) in [7, 11) is 0. The maximum absolute atomic E-state index is 5.91. The number of hydrogen-bond acceptors (Lipinski definition) is 1. The van der Waals surface area contributed by atoms with Gasteiger partial charge in [-0.1, -0.05) is 121 Å². The van der Waals surface area contributed by atoms with Crippen molar-refractivity contribution in [3.05, 3.63) is 133 Å². The van der Waals surface area contributed by atoms with Crippen LogP contribution in [0.15, 0.2) is 138 Å². The predicted octanol–water partition coefficient (Wildman–Crippen LogP) is 8.61. The highest BCUT2D eigenvalue weighted by molar-refractivity contribution is 6.12. The van der Waals surface area contributed by atoms with Crippen LogP contribution in [0.3, 0.4) is 0 Å². The average molecular weight is 399 g/mol. The maximum Gasteiger partial charge on any atom is 0.136 e. The number of fused-ring (bicyclic) bond motifs is 3. The molecule has 0 radical (unpaired) electrons. The van der Waals surface area contributed by atoms with E-state index in [4.69, 9.17) is 4.42 Å². The van der Waals surface area contributed by atoms with Crippen molar-refractivity contribution in [1.29, 1.82) is 0 Å². The third kappa shape index (κ3) is 3.99. The molecule has 148 valence electrons. The van der Waals surface area contributed by atoms with E-state index in [2.05, 4.69) is 91.0 Å². The monoisotopic (exact) mass is 398 g/mol. The van der Waals surface area contributed by atoms with Crippen LogP contribution in [-0.2, 0) is 0 Å². The maximum atomic E-state index is 5.91. The Labute approximate surface area is 182 Å². The highest BCUT2D eigenvalue weighted by Crippen LogP contribution is 2.36. The molecular formula is C30H22O. The van der Waals surface area contributed by atoms with E-state index in [0.717, 1.165) is 11.2 Å². The third-order valence-corrected chi connectivity index (χ3v) is 5.37.